The zero-order valence-electron chi connectivity index (χ0n) is 15.6. The Bertz CT molecular complexity index is 978. The van der Waals surface area contributed by atoms with Crippen LogP contribution in [-0.4, -0.2) is 34.2 Å². The second kappa shape index (κ2) is 7.58. The van der Waals surface area contributed by atoms with Gasteiger partial charge in [0.2, 0.25) is 0 Å². The molecule has 0 saturated heterocycles. The maximum absolute atomic E-state index is 13.8. The Morgan fingerprint density at radius 1 is 1.23 bits per heavy atom. The number of ether oxygens (including phenoxy) is 1. The van der Waals surface area contributed by atoms with Gasteiger partial charge in [-0.1, -0.05) is 24.3 Å². The summed E-state index contributed by atoms with van der Waals surface area (Å²) in [6, 6.07) is 10.6. The van der Waals surface area contributed by atoms with Gasteiger partial charge in [0.15, 0.2) is 10.5 Å². The number of hydrogen-bond acceptors (Lipinski definition) is 7. The van der Waals surface area contributed by atoms with Gasteiger partial charge >= 0.3 is 11.5 Å². The van der Waals surface area contributed by atoms with Crippen molar-refractivity contribution in [2.45, 2.75) is 39.3 Å². The van der Waals surface area contributed by atoms with E-state index < -0.39 is 50.5 Å². The van der Waals surface area contributed by atoms with E-state index in [1.165, 1.54) is 23.1 Å². The van der Waals surface area contributed by atoms with Crippen LogP contribution >= 0.6 is 34.9 Å². The van der Waals surface area contributed by atoms with E-state index in [0.29, 0.717) is 5.56 Å². The van der Waals surface area contributed by atoms with Crippen LogP contribution < -0.4 is 0 Å². The zero-order chi connectivity index (χ0) is 21.7. The number of methoxy groups -OCH3 is 1. The molecule has 1 aromatic heterocycles. The van der Waals surface area contributed by atoms with Crippen LogP contribution in [0.5, 0.6) is 0 Å². The van der Waals surface area contributed by atoms with E-state index >= 15 is 0 Å². The SMILES string of the molecule is COC(=O)[C@@]1(SC(F)(F)F)CC[C@@]2(C1=O)[C@@H](O)c1ccccc1S[C@H]2c1cccs1. The molecule has 1 spiro atoms. The van der Waals surface area contributed by atoms with Gasteiger partial charge in [0, 0.05) is 9.77 Å². The second-order valence-electron chi connectivity index (χ2n) is 7.19. The quantitative estimate of drug-likeness (QED) is 0.491. The number of ketones is 1. The van der Waals surface area contributed by atoms with Crippen LogP contribution in [0.2, 0.25) is 0 Å². The van der Waals surface area contributed by atoms with Gasteiger partial charge in [0.25, 0.3) is 0 Å². The molecule has 0 radical (unpaired) electrons. The lowest BCUT2D eigenvalue weighted by atomic mass is 9.72. The summed E-state index contributed by atoms with van der Waals surface area (Å²) in [6.07, 6.45) is -1.76. The van der Waals surface area contributed by atoms with Crippen molar-refractivity contribution >= 4 is 46.6 Å². The van der Waals surface area contributed by atoms with Crippen molar-refractivity contribution in [3.8, 4) is 0 Å². The first-order valence-electron chi connectivity index (χ1n) is 9.03. The number of carbonyl (C=O) groups is 2. The summed E-state index contributed by atoms with van der Waals surface area (Å²) >= 11 is 2.07. The van der Waals surface area contributed by atoms with Crippen LogP contribution in [0.25, 0.3) is 0 Å². The molecule has 1 saturated carbocycles. The molecule has 4 nitrogen and oxygen atoms in total. The Hall–Kier alpha value is -1.49. The van der Waals surface area contributed by atoms with Gasteiger partial charge in [-0.2, -0.15) is 13.2 Å². The third kappa shape index (κ3) is 3.19. The third-order valence-corrected chi connectivity index (χ3v) is 9.46. The maximum atomic E-state index is 13.8. The highest BCUT2D eigenvalue weighted by molar-refractivity contribution is 8.03. The van der Waals surface area contributed by atoms with Crippen molar-refractivity contribution in [2.75, 3.05) is 7.11 Å². The second-order valence-corrected chi connectivity index (χ2v) is 10.7. The summed E-state index contributed by atoms with van der Waals surface area (Å²) in [5.41, 5.74) is -5.91. The molecule has 2 aromatic rings. The number of fused-ring (bicyclic) bond motifs is 1. The molecule has 1 aromatic carbocycles. The van der Waals surface area contributed by atoms with E-state index in [-0.39, 0.29) is 12.8 Å². The van der Waals surface area contributed by atoms with Crippen LogP contribution in [0.4, 0.5) is 13.2 Å². The van der Waals surface area contributed by atoms with E-state index in [4.69, 9.17) is 0 Å². The van der Waals surface area contributed by atoms with Crippen LogP contribution in [0, 0.1) is 5.41 Å². The topological polar surface area (TPSA) is 63.6 Å². The molecule has 2 aliphatic rings. The fourth-order valence-electron chi connectivity index (χ4n) is 4.41. The average molecular weight is 475 g/mol. The first-order valence-corrected chi connectivity index (χ1v) is 11.6. The molecular formula is C20H17F3O4S3. The summed E-state index contributed by atoms with van der Waals surface area (Å²) in [5.74, 6) is -2.15. The Balaban J connectivity index is 1.90. The van der Waals surface area contributed by atoms with Gasteiger partial charge in [0.05, 0.1) is 23.9 Å². The van der Waals surface area contributed by atoms with Gasteiger partial charge < -0.3 is 9.84 Å². The minimum Gasteiger partial charge on any atom is -0.468 e. The minimum absolute atomic E-state index is 0.0604. The molecule has 10 heteroatoms. The molecule has 160 valence electrons. The molecule has 1 aliphatic carbocycles. The summed E-state index contributed by atoms with van der Waals surface area (Å²) in [5, 5.41) is 12.6. The smallest absolute Gasteiger partial charge is 0.443 e. The number of halogens is 3. The Labute approximate surface area is 183 Å². The molecule has 0 unspecified atom stereocenters. The molecule has 0 amide bonds. The molecule has 4 atom stereocenters. The zero-order valence-corrected chi connectivity index (χ0v) is 18.1. The fraction of sp³-hybridized carbons (Fsp3) is 0.400. The van der Waals surface area contributed by atoms with Crippen molar-refractivity contribution in [3.05, 3.63) is 52.2 Å². The lowest BCUT2D eigenvalue weighted by Gasteiger charge is -2.44. The van der Waals surface area contributed by atoms with Crippen molar-refractivity contribution in [1.29, 1.82) is 0 Å². The molecule has 0 bridgehead atoms. The van der Waals surface area contributed by atoms with Gasteiger partial charge in [-0.3, -0.25) is 9.59 Å². The molecule has 1 fully saturated rings. The lowest BCUT2D eigenvalue weighted by molar-refractivity contribution is -0.150. The van der Waals surface area contributed by atoms with E-state index in [2.05, 4.69) is 4.74 Å². The van der Waals surface area contributed by atoms with Crippen LogP contribution in [0.15, 0.2) is 46.7 Å². The summed E-state index contributed by atoms with van der Waals surface area (Å²) in [6.45, 7) is 0. The van der Waals surface area contributed by atoms with Gasteiger partial charge in [-0.05, 0) is 47.7 Å². The number of alkyl halides is 3. The van der Waals surface area contributed by atoms with E-state index in [1.54, 1.807) is 30.3 Å². The molecule has 1 N–H and O–H groups in total. The number of benzene rings is 1. The summed E-state index contributed by atoms with van der Waals surface area (Å²) < 4.78 is 42.5. The molecular weight excluding hydrogens is 457 g/mol. The number of carbonyl (C=O) groups excluding carboxylic acids is 2. The van der Waals surface area contributed by atoms with Crippen molar-refractivity contribution in [2.24, 2.45) is 5.41 Å². The minimum atomic E-state index is -4.82. The maximum Gasteiger partial charge on any atom is 0.443 e. The largest absolute Gasteiger partial charge is 0.468 e. The normalized spacial score (nSPS) is 31.0. The molecule has 1 aliphatic heterocycles. The first kappa shape index (κ1) is 21.7. The average Bonchev–Trinajstić information content (AvgIpc) is 3.33. The summed E-state index contributed by atoms with van der Waals surface area (Å²) in [7, 11) is 0.970. The van der Waals surface area contributed by atoms with Crippen LogP contribution in [0.1, 0.15) is 34.6 Å². The molecule has 4 rings (SSSR count). The summed E-state index contributed by atoms with van der Waals surface area (Å²) in [4.78, 5) is 27.9. The number of thiophene rings is 1. The van der Waals surface area contributed by atoms with Crippen LogP contribution in [-0.2, 0) is 14.3 Å². The third-order valence-electron chi connectivity index (χ3n) is 5.70. The van der Waals surface area contributed by atoms with Gasteiger partial charge in [-0.15, -0.1) is 23.1 Å². The Morgan fingerprint density at radius 2 is 1.97 bits per heavy atom. The van der Waals surface area contributed by atoms with Gasteiger partial charge in [-0.25, -0.2) is 0 Å². The fourth-order valence-corrected chi connectivity index (χ4v) is 8.06. The first-order chi connectivity index (χ1) is 14.2. The highest BCUT2D eigenvalue weighted by atomic mass is 32.2. The Kier molecular flexibility index (Phi) is 5.49. The van der Waals surface area contributed by atoms with Crippen LogP contribution in [0.3, 0.4) is 0 Å². The highest BCUT2D eigenvalue weighted by Gasteiger charge is 2.70. The van der Waals surface area contributed by atoms with E-state index in [0.717, 1.165) is 16.9 Å². The predicted molar refractivity (Wildman–Crippen MR) is 109 cm³/mol. The lowest BCUT2D eigenvalue weighted by Crippen LogP contribution is -2.51. The van der Waals surface area contributed by atoms with Crippen molar-refractivity contribution in [3.63, 3.8) is 0 Å². The number of Topliss-reactive ketones (excluding diaryl/α,β-unsaturated/α-hetero) is 1. The predicted octanol–water partition coefficient (Wildman–Crippen LogP) is 5.14. The number of hydrogen-bond donors (Lipinski definition) is 1. The number of aliphatic hydroxyl groups excluding tert-OH is 1. The number of thioether (sulfide) groups is 2. The van der Waals surface area contributed by atoms with Gasteiger partial charge in [0.1, 0.15) is 0 Å². The molecule has 30 heavy (non-hydrogen) atoms. The van der Waals surface area contributed by atoms with E-state index in [9.17, 15) is 27.9 Å². The molecule has 2 heterocycles. The highest BCUT2D eigenvalue weighted by Crippen LogP contribution is 2.68. The number of esters is 1. The monoisotopic (exact) mass is 474 g/mol. The Morgan fingerprint density at radius 3 is 2.60 bits per heavy atom. The standard InChI is InChI=1S/C20H17F3O4S3/c1-27-17(26)19(30-20(21,22)23)9-8-18(16(19)25)14(24)11-5-2-3-6-12(11)29-15(18)13-7-4-10-28-13/h2-7,10,14-15,24H,8-9H2,1H3/t14-,15-,18+,19+/m0/s1. The van der Waals surface area contributed by atoms with E-state index in [1.807, 2.05) is 11.4 Å². The number of aliphatic hydroxyl groups is 1. The van der Waals surface area contributed by atoms with Crippen molar-refractivity contribution in [1.82, 2.24) is 0 Å². The van der Waals surface area contributed by atoms with Crippen molar-refractivity contribution < 1.29 is 32.6 Å². The number of rotatable bonds is 3.